The van der Waals surface area contributed by atoms with Gasteiger partial charge in [0.25, 0.3) is 0 Å². The van der Waals surface area contributed by atoms with Crippen LogP contribution >= 0.6 is 11.6 Å². The molecule has 1 aromatic carbocycles. The number of hydrogen-bond acceptors (Lipinski definition) is 4. The van der Waals surface area contributed by atoms with Crippen LogP contribution in [0.15, 0.2) is 48.9 Å². The fourth-order valence-corrected chi connectivity index (χ4v) is 3.68. The standard InChI is InChI=1S/C19H19ClN4/c20-17-5-1-3-14-6-7-16(23-19(14)17)12-24-10-2-4-15(11-24)18-8-9-21-13-22-18/h1,3,5-9,13,15H,2,4,10-12H2/t15-/m0/s1. The third kappa shape index (κ3) is 3.25. The Balaban J connectivity index is 1.51. The molecule has 0 radical (unpaired) electrons. The minimum Gasteiger partial charge on any atom is -0.297 e. The summed E-state index contributed by atoms with van der Waals surface area (Å²) >= 11 is 6.28. The van der Waals surface area contributed by atoms with E-state index in [4.69, 9.17) is 16.6 Å². The van der Waals surface area contributed by atoms with Crippen LogP contribution in [0.2, 0.25) is 5.02 Å². The lowest BCUT2D eigenvalue weighted by Gasteiger charge is -2.32. The van der Waals surface area contributed by atoms with Crippen LogP contribution in [-0.2, 0) is 6.54 Å². The molecule has 0 amide bonds. The van der Waals surface area contributed by atoms with Crippen LogP contribution < -0.4 is 0 Å². The van der Waals surface area contributed by atoms with Gasteiger partial charge in [0.1, 0.15) is 6.33 Å². The maximum Gasteiger partial charge on any atom is 0.115 e. The van der Waals surface area contributed by atoms with Crippen molar-refractivity contribution in [1.29, 1.82) is 0 Å². The predicted molar refractivity (Wildman–Crippen MR) is 96.0 cm³/mol. The molecule has 1 aliphatic rings. The van der Waals surface area contributed by atoms with E-state index >= 15 is 0 Å². The van der Waals surface area contributed by atoms with Crippen molar-refractivity contribution in [3.8, 4) is 0 Å². The van der Waals surface area contributed by atoms with Crippen LogP contribution in [0.3, 0.4) is 0 Å². The van der Waals surface area contributed by atoms with Gasteiger partial charge in [-0.1, -0.05) is 29.8 Å². The lowest BCUT2D eigenvalue weighted by atomic mass is 9.94. The molecule has 0 saturated carbocycles. The molecule has 2 aromatic heterocycles. The largest absolute Gasteiger partial charge is 0.297 e. The van der Waals surface area contributed by atoms with Crippen molar-refractivity contribution in [2.45, 2.75) is 25.3 Å². The Hall–Kier alpha value is -2.04. The van der Waals surface area contributed by atoms with Crippen molar-refractivity contribution in [3.05, 3.63) is 65.3 Å². The van der Waals surface area contributed by atoms with Crippen LogP contribution in [0, 0.1) is 0 Å². The average molecular weight is 339 g/mol. The second-order valence-electron chi connectivity index (χ2n) is 6.32. The van der Waals surface area contributed by atoms with Gasteiger partial charge in [0, 0.05) is 36.3 Å². The normalized spacial score (nSPS) is 18.8. The highest BCUT2D eigenvalue weighted by atomic mass is 35.5. The van der Waals surface area contributed by atoms with Crippen molar-refractivity contribution in [2.75, 3.05) is 13.1 Å². The molecule has 4 nitrogen and oxygen atoms in total. The molecule has 0 spiro atoms. The van der Waals surface area contributed by atoms with Crippen LogP contribution in [0.5, 0.6) is 0 Å². The molecule has 1 saturated heterocycles. The number of hydrogen-bond donors (Lipinski definition) is 0. The number of para-hydroxylation sites is 1. The topological polar surface area (TPSA) is 41.9 Å². The van der Waals surface area contributed by atoms with E-state index in [1.165, 1.54) is 12.8 Å². The molecule has 0 bridgehead atoms. The number of fused-ring (bicyclic) bond motifs is 1. The summed E-state index contributed by atoms with van der Waals surface area (Å²) in [5.74, 6) is 0.478. The van der Waals surface area contributed by atoms with E-state index in [1.54, 1.807) is 6.33 Å². The first kappa shape index (κ1) is 15.5. The minimum absolute atomic E-state index is 0.478. The highest BCUT2D eigenvalue weighted by Crippen LogP contribution is 2.27. The van der Waals surface area contributed by atoms with E-state index in [0.717, 1.165) is 41.9 Å². The molecule has 4 rings (SSSR count). The van der Waals surface area contributed by atoms with Crippen molar-refractivity contribution in [2.24, 2.45) is 0 Å². The summed E-state index contributed by atoms with van der Waals surface area (Å²) in [6, 6.07) is 12.1. The monoisotopic (exact) mass is 338 g/mol. The minimum atomic E-state index is 0.478. The Morgan fingerprint density at radius 3 is 3.00 bits per heavy atom. The van der Waals surface area contributed by atoms with Crippen LogP contribution in [-0.4, -0.2) is 32.9 Å². The maximum atomic E-state index is 6.28. The summed E-state index contributed by atoms with van der Waals surface area (Å²) in [7, 11) is 0. The molecule has 0 N–H and O–H groups in total. The Morgan fingerprint density at radius 1 is 1.17 bits per heavy atom. The van der Waals surface area contributed by atoms with E-state index in [2.05, 4.69) is 27.0 Å². The molecule has 5 heteroatoms. The van der Waals surface area contributed by atoms with Gasteiger partial charge in [-0.2, -0.15) is 0 Å². The third-order valence-corrected chi connectivity index (χ3v) is 4.95. The number of likely N-dealkylation sites (tertiary alicyclic amines) is 1. The quantitative estimate of drug-likeness (QED) is 0.722. The van der Waals surface area contributed by atoms with Crippen molar-refractivity contribution in [3.63, 3.8) is 0 Å². The van der Waals surface area contributed by atoms with Crippen LogP contribution in [0.25, 0.3) is 10.9 Å². The Labute approximate surface area is 146 Å². The van der Waals surface area contributed by atoms with Crippen LogP contribution in [0.4, 0.5) is 0 Å². The van der Waals surface area contributed by atoms with E-state index in [0.29, 0.717) is 10.9 Å². The smallest absolute Gasteiger partial charge is 0.115 e. The molecule has 1 aliphatic heterocycles. The number of rotatable bonds is 3. The molecule has 3 aromatic rings. The highest BCUT2D eigenvalue weighted by Gasteiger charge is 2.22. The van der Waals surface area contributed by atoms with Gasteiger partial charge in [-0.25, -0.2) is 15.0 Å². The Morgan fingerprint density at radius 2 is 2.12 bits per heavy atom. The lowest BCUT2D eigenvalue weighted by molar-refractivity contribution is 0.196. The summed E-state index contributed by atoms with van der Waals surface area (Å²) in [6.45, 7) is 2.96. The Kier molecular flexibility index (Phi) is 4.41. The molecule has 1 fully saturated rings. The molecule has 24 heavy (non-hydrogen) atoms. The number of nitrogens with zero attached hydrogens (tertiary/aromatic N) is 4. The summed E-state index contributed by atoms with van der Waals surface area (Å²) in [5, 5.41) is 1.80. The number of pyridine rings is 1. The van der Waals surface area contributed by atoms with E-state index < -0.39 is 0 Å². The van der Waals surface area contributed by atoms with Crippen LogP contribution in [0.1, 0.15) is 30.1 Å². The molecule has 3 heterocycles. The second-order valence-corrected chi connectivity index (χ2v) is 6.73. The van der Waals surface area contributed by atoms with Gasteiger partial charge >= 0.3 is 0 Å². The molecular formula is C19H19ClN4. The van der Waals surface area contributed by atoms with Gasteiger partial charge in [-0.15, -0.1) is 0 Å². The van der Waals surface area contributed by atoms with Gasteiger partial charge in [0.15, 0.2) is 0 Å². The fraction of sp³-hybridized carbons (Fsp3) is 0.316. The lowest BCUT2D eigenvalue weighted by Crippen LogP contribution is -2.34. The summed E-state index contributed by atoms with van der Waals surface area (Å²) in [6.07, 6.45) is 5.84. The predicted octanol–water partition coefficient (Wildman–Crippen LogP) is 4.06. The SMILES string of the molecule is Clc1cccc2ccc(CN3CCC[C@H](c4ccncn4)C3)nc12. The summed E-state index contributed by atoms with van der Waals surface area (Å²) < 4.78 is 0. The zero-order chi connectivity index (χ0) is 16.4. The summed E-state index contributed by atoms with van der Waals surface area (Å²) in [4.78, 5) is 15.7. The van der Waals surface area contributed by atoms with Gasteiger partial charge < -0.3 is 0 Å². The molecule has 122 valence electrons. The number of halogens is 1. The third-order valence-electron chi connectivity index (χ3n) is 4.64. The zero-order valence-electron chi connectivity index (χ0n) is 13.4. The van der Waals surface area contributed by atoms with Crippen molar-refractivity contribution in [1.82, 2.24) is 19.9 Å². The first-order chi connectivity index (χ1) is 11.8. The number of aromatic nitrogens is 3. The maximum absolute atomic E-state index is 6.28. The number of benzene rings is 1. The molecular weight excluding hydrogens is 320 g/mol. The Bertz CT molecular complexity index is 837. The van der Waals surface area contributed by atoms with E-state index in [1.807, 2.05) is 30.5 Å². The first-order valence-corrected chi connectivity index (χ1v) is 8.70. The van der Waals surface area contributed by atoms with Gasteiger partial charge in [-0.3, -0.25) is 4.90 Å². The first-order valence-electron chi connectivity index (χ1n) is 8.32. The van der Waals surface area contributed by atoms with Crippen molar-refractivity contribution >= 4 is 22.5 Å². The molecule has 1 atom stereocenters. The van der Waals surface area contributed by atoms with Gasteiger partial charge in [0.2, 0.25) is 0 Å². The number of piperidine rings is 1. The average Bonchev–Trinajstić information content (AvgIpc) is 2.63. The molecule has 0 unspecified atom stereocenters. The van der Waals surface area contributed by atoms with Gasteiger partial charge in [0.05, 0.1) is 16.2 Å². The molecule has 0 aliphatic carbocycles. The van der Waals surface area contributed by atoms with Gasteiger partial charge in [-0.05, 0) is 37.6 Å². The second kappa shape index (κ2) is 6.83. The highest BCUT2D eigenvalue weighted by molar-refractivity contribution is 6.35. The van der Waals surface area contributed by atoms with Crippen molar-refractivity contribution < 1.29 is 0 Å². The summed E-state index contributed by atoms with van der Waals surface area (Å²) in [5.41, 5.74) is 3.10. The zero-order valence-corrected chi connectivity index (χ0v) is 14.2. The van der Waals surface area contributed by atoms with E-state index in [9.17, 15) is 0 Å². The van der Waals surface area contributed by atoms with E-state index in [-0.39, 0.29) is 0 Å². The fourth-order valence-electron chi connectivity index (χ4n) is 3.45.